The highest BCUT2D eigenvalue weighted by molar-refractivity contribution is 7.89. The van der Waals surface area contributed by atoms with Gasteiger partial charge in [-0.05, 0) is 29.7 Å². The number of sulfonamides is 1. The molecule has 1 atom stereocenters. The molecule has 9 heteroatoms. The van der Waals surface area contributed by atoms with Crippen LogP contribution in [-0.4, -0.2) is 25.6 Å². The van der Waals surface area contributed by atoms with Crippen molar-refractivity contribution in [1.82, 2.24) is 9.71 Å². The molecule has 1 N–H and O–H groups in total. The third kappa shape index (κ3) is 5.44. The highest BCUT2D eigenvalue weighted by atomic mass is 35.5. The number of benzene rings is 2. The first-order valence-electron chi connectivity index (χ1n) is 9.75. The van der Waals surface area contributed by atoms with Gasteiger partial charge in [-0.3, -0.25) is 4.79 Å². The number of carbonyl (C=O) groups excluding carboxylic acids is 1. The van der Waals surface area contributed by atoms with E-state index < -0.39 is 27.3 Å². The van der Waals surface area contributed by atoms with Crippen molar-refractivity contribution in [2.45, 2.75) is 20.0 Å². The lowest BCUT2D eigenvalue weighted by molar-refractivity contribution is 0.0978. The van der Waals surface area contributed by atoms with Gasteiger partial charge in [-0.2, -0.15) is 0 Å². The molecular formula is C23H22ClFN2O4S. The zero-order valence-electron chi connectivity index (χ0n) is 17.7. The fraction of sp³-hybridized carbons (Fsp3) is 0.217. The number of nitrogens with one attached hydrogen (secondary N) is 1. The van der Waals surface area contributed by atoms with Gasteiger partial charge in [0, 0.05) is 17.3 Å². The molecule has 168 valence electrons. The first kappa shape index (κ1) is 23.7. The molecule has 0 aliphatic rings. The smallest absolute Gasteiger partial charge is 0.268 e. The molecule has 1 aromatic heterocycles. The predicted molar refractivity (Wildman–Crippen MR) is 122 cm³/mol. The van der Waals surface area contributed by atoms with Gasteiger partial charge in [0.1, 0.15) is 6.10 Å². The van der Waals surface area contributed by atoms with E-state index in [9.17, 15) is 17.6 Å². The lowest BCUT2D eigenvalue weighted by Gasteiger charge is -2.24. The topological polar surface area (TPSA) is 85.4 Å². The minimum absolute atomic E-state index is 0.0715. The van der Waals surface area contributed by atoms with Gasteiger partial charge < -0.3 is 4.74 Å². The van der Waals surface area contributed by atoms with Crippen molar-refractivity contribution in [2.75, 3.05) is 6.26 Å². The number of nitrogens with zero attached hydrogens (tertiary/aromatic N) is 1. The van der Waals surface area contributed by atoms with Crippen LogP contribution in [0.25, 0.3) is 11.1 Å². The van der Waals surface area contributed by atoms with E-state index in [1.807, 2.05) is 44.2 Å². The monoisotopic (exact) mass is 476 g/mol. The van der Waals surface area contributed by atoms with Crippen molar-refractivity contribution in [1.29, 1.82) is 0 Å². The van der Waals surface area contributed by atoms with Crippen LogP contribution < -0.4 is 9.46 Å². The minimum Gasteiger partial charge on any atom is -0.469 e. The Kier molecular flexibility index (Phi) is 7.16. The van der Waals surface area contributed by atoms with E-state index in [0.29, 0.717) is 5.56 Å². The number of amides is 1. The molecule has 0 bridgehead atoms. The Balaban J connectivity index is 2.13. The van der Waals surface area contributed by atoms with Crippen molar-refractivity contribution in [2.24, 2.45) is 5.92 Å². The summed E-state index contributed by atoms with van der Waals surface area (Å²) in [5.41, 5.74) is 0.841. The van der Waals surface area contributed by atoms with Crippen molar-refractivity contribution >= 4 is 27.5 Å². The summed E-state index contributed by atoms with van der Waals surface area (Å²) < 4.78 is 46.1. The highest BCUT2D eigenvalue weighted by Gasteiger charge is 2.26. The van der Waals surface area contributed by atoms with E-state index in [0.717, 1.165) is 11.8 Å². The summed E-state index contributed by atoms with van der Waals surface area (Å²) in [6, 6.07) is 15.5. The van der Waals surface area contributed by atoms with Crippen molar-refractivity contribution in [3.05, 3.63) is 82.8 Å². The number of ether oxygens (including phenoxy) is 1. The molecule has 0 spiro atoms. The SMILES string of the molecule is CC(C)[C@H](Oc1ncccc1-c1ccc(Cl)c(F)c1C(=O)NS(C)(=O)=O)c1ccccc1. The van der Waals surface area contributed by atoms with Crippen molar-refractivity contribution in [3.8, 4) is 17.0 Å². The Morgan fingerprint density at radius 2 is 1.75 bits per heavy atom. The molecule has 32 heavy (non-hydrogen) atoms. The lowest BCUT2D eigenvalue weighted by atomic mass is 9.97. The van der Waals surface area contributed by atoms with E-state index in [2.05, 4.69) is 4.98 Å². The predicted octanol–water partition coefficient (Wildman–Crippen LogP) is 5.01. The van der Waals surface area contributed by atoms with Gasteiger partial charge in [-0.1, -0.05) is 61.8 Å². The number of rotatable bonds is 7. The average Bonchev–Trinajstić information content (AvgIpc) is 2.73. The van der Waals surface area contributed by atoms with Crippen molar-refractivity contribution in [3.63, 3.8) is 0 Å². The van der Waals surface area contributed by atoms with Gasteiger partial charge in [0.2, 0.25) is 15.9 Å². The fourth-order valence-corrected chi connectivity index (χ4v) is 3.85. The third-order valence-electron chi connectivity index (χ3n) is 4.63. The maximum atomic E-state index is 14.9. The molecule has 1 heterocycles. The van der Waals surface area contributed by atoms with Crippen LogP contribution in [0.15, 0.2) is 60.8 Å². The second-order valence-corrected chi connectivity index (χ2v) is 9.69. The maximum Gasteiger partial charge on any atom is 0.268 e. The molecule has 0 fully saturated rings. The quantitative estimate of drug-likeness (QED) is 0.518. The summed E-state index contributed by atoms with van der Waals surface area (Å²) >= 11 is 5.88. The van der Waals surface area contributed by atoms with Crippen LogP contribution in [0, 0.1) is 11.7 Å². The number of halogens is 2. The molecule has 3 rings (SSSR count). The van der Waals surface area contributed by atoms with Crippen LogP contribution in [0.3, 0.4) is 0 Å². The van der Waals surface area contributed by atoms with E-state index in [4.69, 9.17) is 16.3 Å². The molecule has 0 radical (unpaired) electrons. The first-order valence-corrected chi connectivity index (χ1v) is 12.0. The zero-order valence-corrected chi connectivity index (χ0v) is 19.2. The summed E-state index contributed by atoms with van der Waals surface area (Å²) in [7, 11) is -3.93. The van der Waals surface area contributed by atoms with E-state index in [1.165, 1.54) is 18.3 Å². The summed E-state index contributed by atoms with van der Waals surface area (Å²) in [6.07, 6.45) is 1.96. The number of hydrogen-bond donors (Lipinski definition) is 1. The van der Waals surface area contributed by atoms with Crippen LogP contribution in [-0.2, 0) is 10.0 Å². The summed E-state index contributed by atoms with van der Waals surface area (Å²) in [6.45, 7) is 3.99. The van der Waals surface area contributed by atoms with E-state index in [-0.39, 0.29) is 28.5 Å². The van der Waals surface area contributed by atoms with Gasteiger partial charge >= 0.3 is 0 Å². The summed E-state index contributed by atoms with van der Waals surface area (Å²) in [4.78, 5) is 16.9. The molecule has 0 saturated heterocycles. The van der Waals surface area contributed by atoms with Gasteiger partial charge in [-0.25, -0.2) is 22.5 Å². The highest BCUT2D eigenvalue weighted by Crippen LogP contribution is 2.37. The average molecular weight is 477 g/mol. The largest absolute Gasteiger partial charge is 0.469 e. The van der Waals surface area contributed by atoms with Gasteiger partial charge in [-0.15, -0.1) is 0 Å². The minimum atomic E-state index is -3.93. The maximum absolute atomic E-state index is 14.9. The lowest BCUT2D eigenvalue weighted by Crippen LogP contribution is -2.30. The molecule has 0 unspecified atom stereocenters. The number of aromatic nitrogens is 1. The first-order chi connectivity index (χ1) is 15.1. The zero-order chi connectivity index (χ0) is 23.5. The molecule has 6 nitrogen and oxygen atoms in total. The van der Waals surface area contributed by atoms with Crippen LogP contribution >= 0.6 is 11.6 Å². The fourth-order valence-electron chi connectivity index (χ4n) is 3.26. The van der Waals surface area contributed by atoms with E-state index >= 15 is 0 Å². The Labute approximate surface area is 191 Å². The van der Waals surface area contributed by atoms with Crippen LogP contribution in [0.1, 0.15) is 35.9 Å². The molecular weight excluding hydrogens is 455 g/mol. The molecule has 1 amide bonds. The summed E-state index contributed by atoms with van der Waals surface area (Å²) in [5, 5.41) is -0.317. The standard InChI is InChI=1S/C23H22ClFN2O4S/c1-14(2)21(15-8-5-4-6-9-15)31-23-17(10-7-13-26-23)16-11-12-18(24)20(25)19(16)22(28)27-32(3,29)30/h4-14,21H,1-3H3,(H,27,28)/t21-/m0/s1. The van der Waals surface area contributed by atoms with Crippen LogP contribution in [0.4, 0.5) is 4.39 Å². The summed E-state index contributed by atoms with van der Waals surface area (Å²) in [5.74, 6) is -1.93. The van der Waals surface area contributed by atoms with Crippen LogP contribution in [0.5, 0.6) is 5.88 Å². The Hall–Kier alpha value is -2.97. The molecule has 0 aliphatic carbocycles. The normalized spacial score (nSPS) is 12.4. The Morgan fingerprint density at radius 1 is 1.06 bits per heavy atom. The Morgan fingerprint density at radius 3 is 2.38 bits per heavy atom. The van der Waals surface area contributed by atoms with Crippen molar-refractivity contribution < 1.29 is 22.3 Å². The Bertz CT molecular complexity index is 1230. The molecule has 3 aromatic rings. The van der Waals surface area contributed by atoms with Gasteiger partial charge in [0.25, 0.3) is 5.91 Å². The number of carbonyl (C=O) groups is 1. The van der Waals surface area contributed by atoms with E-state index in [1.54, 1.807) is 16.9 Å². The molecule has 0 aliphatic heterocycles. The second-order valence-electron chi connectivity index (χ2n) is 7.54. The third-order valence-corrected chi connectivity index (χ3v) is 5.48. The number of pyridine rings is 1. The molecule has 0 saturated carbocycles. The van der Waals surface area contributed by atoms with Gasteiger partial charge in [0.15, 0.2) is 5.82 Å². The second kappa shape index (κ2) is 9.67. The molecule has 2 aromatic carbocycles. The van der Waals surface area contributed by atoms with Gasteiger partial charge in [0.05, 0.1) is 16.8 Å². The van der Waals surface area contributed by atoms with Crippen LogP contribution in [0.2, 0.25) is 5.02 Å². The number of hydrogen-bond acceptors (Lipinski definition) is 5.